The number of carbonyl (C=O) groups is 1. The molecule has 3 rings (SSSR count). The standard InChI is InChI=1S/C23H32N2OS/c1-17-12-14-25(16-17)23(26)21-9-4-6-18(2)20(10-11-21)8-5-7-19(3)22-24-13-15-27-22/h4,9-11,13,15,17-19H,5-8,12,14,16H2,1-3H3/b9-4+,20-10?,21-11+/t17-,18?,19?/m0/s1. The Morgan fingerprint density at radius 1 is 1.37 bits per heavy atom. The maximum Gasteiger partial charge on any atom is 0.253 e. The van der Waals surface area contributed by atoms with Crippen molar-refractivity contribution in [2.45, 2.75) is 58.8 Å². The van der Waals surface area contributed by atoms with Gasteiger partial charge in [0.15, 0.2) is 0 Å². The molecule has 0 N–H and O–H groups in total. The highest BCUT2D eigenvalue weighted by molar-refractivity contribution is 7.09. The Bertz CT molecular complexity index is 717. The molecule has 27 heavy (non-hydrogen) atoms. The van der Waals surface area contributed by atoms with E-state index in [2.05, 4.69) is 49.4 Å². The predicted octanol–water partition coefficient (Wildman–Crippen LogP) is 5.73. The normalized spacial score (nSPS) is 27.3. The van der Waals surface area contributed by atoms with Crippen LogP contribution < -0.4 is 0 Å². The third-order valence-electron chi connectivity index (χ3n) is 5.83. The average molecular weight is 385 g/mol. The summed E-state index contributed by atoms with van der Waals surface area (Å²) >= 11 is 1.75. The van der Waals surface area contributed by atoms with Crippen molar-refractivity contribution in [3.8, 4) is 0 Å². The number of aromatic nitrogens is 1. The number of hydrogen-bond donors (Lipinski definition) is 0. The molecule has 2 aliphatic rings. The zero-order valence-electron chi connectivity index (χ0n) is 16.9. The second-order valence-electron chi connectivity index (χ2n) is 8.21. The summed E-state index contributed by atoms with van der Waals surface area (Å²) in [6.07, 6.45) is 15.9. The van der Waals surface area contributed by atoms with E-state index in [1.165, 1.54) is 17.0 Å². The van der Waals surface area contributed by atoms with Crippen molar-refractivity contribution in [3.05, 3.63) is 52.0 Å². The Balaban J connectivity index is 1.61. The molecule has 0 saturated carbocycles. The number of likely N-dealkylation sites (tertiary alicyclic amines) is 1. The van der Waals surface area contributed by atoms with Gasteiger partial charge in [0.05, 0.1) is 5.01 Å². The number of thiazole rings is 1. The third kappa shape index (κ3) is 5.41. The molecule has 1 aliphatic carbocycles. The SMILES string of the molecule is CC1C/C=C/C(C(=O)N2CC[C@H](C)C2)=C\C=C1CCCC(C)c1nccs1. The van der Waals surface area contributed by atoms with Crippen LogP contribution in [0.2, 0.25) is 0 Å². The summed E-state index contributed by atoms with van der Waals surface area (Å²) in [6, 6.07) is 0. The first kappa shape index (κ1) is 20.1. The van der Waals surface area contributed by atoms with Crippen LogP contribution in [0, 0.1) is 11.8 Å². The highest BCUT2D eigenvalue weighted by Crippen LogP contribution is 2.28. The van der Waals surface area contributed by atoms with Crippen LogP contribution in [0.3, 0.4) is 0 Å². The minimum atomic E-state index is 0.193. The van der Waals surface area contributed by atoms with Crippen molar-refractivity contribution in [2.24, 2.45) is 11.8 Å². The monoisotopic (exact) mass is 384 g/mol. The van der Waals surface area contributed by atoms with Gasteiger partial charge in [-0.2, -0.15) is 0 Å². The Hall–Kier alpha value is -1.68. The van der Waals surface area contributed by atoms with Gasteiger partial charge in [-0.3, -0.25) is 4.79 Å². The predicted molar refractivity (Wildman–Crippen MR) is 114 cm³/mol. The first-order chi connectivity index (χ1) is 13.0. The molecule has 3 atom stereocenters. The van der Waals surface area contributed by atoms with Crippen LogP contribution in [0.25, 0.3) is 0 Å². The summed E-state index contributed by atoms with van der Waals surface area (Å²) in [5.74, 6) is 1.88. The van der Waals surface area contributed by atoms with Crippen molar-refractivity contribution in [3.63, 3.8) is 0 Å². The molecular weight excluding hydrogens is 352 g/mol. The van der Waals surface area contributed by atoms with E-state index >= 15 is 0 Å². The summed E-state index contributed by atoms with van der Waals surface area (Å²) < 4.78 is 0. The molecule has 1 fully saturated rings. The summed E-state index contributed by atoms with van der Waals surface area (Å²) in [6.45, 7) is 8.58. The quantitative estimate of drug-likeness (QED) is 0.627. The topological polar surface area (TPSA) is 33.2 Å². The van der Waals surface area contributed by atoms with Crippen LogP contribution in [0.15, 0.2) is 47.0 Å². The lowest BCUT2D eigenvalue weighted by Gasteiger charge is -2.19. The maximum atomic E-state index is 12.8. The minimum absolute atomic E-state index is 0.193. The van der Waals surface area contributed by atoms with Gasteiger partial charge >= 0.3 is 0 Å². The van der Waals surface area contributed by atoms with Gasteiger partial charge in [0, 0.05) is 36.2 Å². The number of rotatable bonds is 6. The van der Waals surface area contributed by atoms with E-state index in [-0.39, 0.29) is 5.91 Å². The molecule has 1 aromatic heterocycles. The van der Waals surface area contributed by atoms with E-state index in [0.29, 0.717) is 17.8 Å². The average Bonchev–Trinajstić information content (AvgIpc) is 3.32. The number of nitrogens with zero attached hydrogens (tertiary/aromatic N) is 2. The Kier molecular flexibility index (Phi) is 7.06. The van der Waals surface area contributed by atoms with E-state index in [0.717, 1.165) is 44.3 Å². The molecule has 3 nitrogen and oxygen atoms in total. The Labute approximate surface area is 167 Å². The van der Waals surface area contributed by atoms with E-state index in [4.69, 9.17) is 0 Å². The smallest absolute Gasteiger partial charge is 0.253 e. The van der Waals surface area contributed by atoms with Crippen LogP contribution in [0.5, 0.6) is 0 Å². The largest absolute Gasteiger partial charge is 0.338 e. The van der Waals surface area contributed by atoms with Gasteiger partial charge < -0.3 is 4.90 Å². The Morgan fingerprint density at radius 2 is 2.22 bits per heavy atom. The molecule has 1 amide bonds. The van der Waals surface area contributed by atoms with E-state index in [9.17, 15) is 4.79 Å². The number of amides is 1. The highest BCUT2D eigenvalue weighted by atomic mass is 32.1. The summed E-state index contributed by atoms with van der Waals surface area (Å²) in [5, 5.41) is 3.30. The second-order valence-corrected chi connectivity index (χ2v) is 9.14. The minimum Gasteiger partial charge on any atom is -0.338 e. The van der Waals surface area contributed by atoms with E-state index in [1.54, 1.807) is 11.3 Å². The van der Waals surface area contributed by atoms with Crippen LogP contribution in [-0.4, -0.2) is 28.9 Å². The first-order valence-corrected chi connectivity index (χ1v) is 11.2. The lowest BCUT2D eigenvalue weighted by molar-refractivity contribution is -0.125. The van der Waals surface area contributed by atoms with Crippen molar-refractivity contribution in [1.82, 2.24) is 9.88 Å². The number of hydrogen-bond acceptors (Lipinski definition) is 3. The van der Waals surface area contributed by atoms with Crippen LogP contribution >= 0.6 is 11.3 Å². The molecule has 4 heteroatoms. The third-order valence-corrected chi connectivity index (χ3v) is 6.84. The van der Waals surface area contributed by atoms with Gasteiger partial charge in [0.25, 0.3) is 5.91 Å². The fourth-order valence-corrected chi connectivity index (χ4v) is 4.69. The molecule has 0 aromatic carbocycles. The molecule has 146 valence electrons. The Morgan fingerprint density at radius 3 is 2.93 bits per heavy atom. The number of allylic oxidation sites excluding steroid dienone is 4. The zero-order chi connectivity index (χ0) is 19.2. The molecule has 1 aromatic rings. The zero-order valence-corrected chi connectivity index (χ0v) is 17.7. The van der Waals surface area contributed by atoms with E-state index < -0.39 is 0 Å². The van der Waals surface area contributed by atoms with E-state index in [1.807, 2.05) is 17.2 Å². The molecule has 0 spiro atoms. The van der Waals surface area contributed by atoms with Gasteiger partial charge in [-0.1, -0.05) is 44.6 Å². The van der Waals surface area contributed by atoms with Crippen molar-refractivity contribution in [1.29, 1.82) is 0 Å². The summed E-state index contributed by atoms with van der Waals surface area (Å²) in [7, 11) is 0. The fraction of sp³-hybridized carbons (Fsp3) is 0.565. The van der Waals surface area contributed by atoms with Crippen LogP contribution in [0.4, 0.5) is 0 Å². The molecule has 0 radical (unpaired) electrons. The number of carbonyl (C=O) groups excluding carboxylic acids is 1. The second kappa shape index (κ2) is 9.50. The summed E-state index contributed by atoms with van der Waals surface area (Å²) in [5.41, 5.74) is 2.30. The molecule has 1 saturated heterocycles. The van der Waals surface area contributed by atoms with Crippen LogP contribution in [-0.2, 0) is 4.79 Å². The fourth-order valence-electron chi connectivity index (χ4n) is 3.96. The van der Waals surface area contributed by atoms with Gasteiger partial charge in [-0.15, -0.1) is 11.3 Å². The molecule has 1 aliphatic heterocycles. The van der Waals surface area contributed by atoms with Crippen molar-refractivity contribution < 1.29 is 4.79 Å². The first-order valence-electron chi connectivity index (χ1n) is 10.3. The van der Waals surface area contributed by atoms with Gasteiger partial charge in [0.1, 0.15) is 0 Å². The molecular formula is C23H32N2OS. The molecule has 0 bridgehead atoms. The maximum absolute atomic E-state index is 12.8. The van der Waals surface area contributed by atoms with Crippen molar-refractivity contribution >= 4 is 17.2 Å². The molecule has 2 heterocycles. The van der Waals surface area contributed by atoms with Crippen molar-refractivity contribution in [2.75, 3.05) is 13.1 Å². The van der Waals surface area contributed by atoms with Gasteiger partial charge in [-0.05, 0) is 50.0 Å². The van der Waals surface area contributed by atoms with Crippen LogP contribution in [0.1, 0.15) is 63.8 Å². The summed E-state index contributed by atoms with van der Waals surface area (Å²) in [4.78, 5) is 19.3. The molecule has 2 unspecified atom stereocenters. The van der Waals surface area contributed by atoms with Gasteiger partial charge in [-0.25, -0.2) is 4.98 Å². The lowest BCUT2D eigenvalue weighted by Crippen LogP contribution is -2.29. The highest BCUT2D eigenvalue weighted by Gasteiger charge is 2.24. The van der Waals surface area contributed by atoms with Gasteiger partial charge in [0.2, 0.25) is 0 Å². The lowest BCUT2D eigenvalue weighted by atomic mass is 9.89.